The number of amides is 2. The molecular formula is C26H39N3O4. The second kappa shape index (κ2) is 12.1. The quantitative estimate of drug-likeness (QED) is 0.377. The van der Waals surface area contributed by atoms with Crippen molar-refractivity contribution in [3.05, 3.63) is 23.8 Å². The number of unbranched alkanes of at least 4 members (excludes halogenated alkanes) is 4. The molecule has 0 spiro atoms. The summed E-state index contributed by atoms with van der Waals surface area (Å²) in [4.78, 5) is 27.1. The molecule has 0 aliphatic carbocycles. The van der Waals surface area contributed by atoms with Gasteiger partial charge >= 0.3 is 0 Å². The van der Waals surface area contributed by atoms with Crippen molar-refractivity contribution in [1.82, 2.24) is 10.2 Å². The average molecular weight is 458 g/mol. The van der Waals surface area contributed by atoms with Gasteiger partial charge in [-0.25, -0.2) is 0 Å². The molecule has 1 fully saturated rings. The van der Waals surface area contributed by atoms with Crippen LogP contribution < -0.4 is 14.8 Å². The lowest BCUT2D eigenvalue weighted by molar-refractivity contribution is -0.135. The van der Waals surface area contributed by atoms with Crippen LogP contribution in [0.3, 0.4) is 0 Å². The summed E-state index contributed by atoms with van der Waals surface area (Å²) in [6.07, 6.45) is 9.54. The van der Waals surface area contributed by atoms with E-state index in [1.54, 1.807) is 4.90 Å². The van der Waals surface area contributed by atoms with Crippen molar-refractivity contribution in [1.29, 1.82) is 5.41 Å². The van der Waals surface area contributed by atoms with Crippen molar-refractivity contribution in [2.24, 2.45) is 5.41 Å². The molecule has 3 rings (SSSR count). The Balaban J connectivity index is 1.36. The van der Waals surface area contributed by atoms with Crippen LogP contribution in [0.25, 0.3) is 0 Å². The van der Waals surface area contributed by atoms with E-state index in [-0.39, 0.29) is 24.0 Å². The van der Waals surface area contributed by atoms with Gasteiger partial charge in [-0.3, -0.25) is 15.0 Å². The smallest absolute Gasteiger partial charge is 0.234 e. The van der Waals surface area contributed by atoms with Crippen LogP contribution in [0, 0.1) is 10.8 Å². The highest BCUT2D eigenvalue weighted by Crippen LogP contribution is 2.42. The van der Waals surface area contributed by atoms with Crippen molar-refractivity contribution >= 4 is 17.6 Å². The molecule has 1 saturated heterocycles. The standard InChI is InChI=1S/C26H39N3O4/c1-3-5-13-26(14-6-4-2)17-23(27)29(25(26)31)15-9-7-8-10-24(30)28-18-20-11-12-21-22(16-20)33-19-32-21/h11-12,16,27H,3-10,13-15,17-19H2,1-2H3,(H,28,30). The predicted molar refractivity (Wildman–Crippen MR) is 128 cm³/mol. The lowest BCUT2D eigenvalue weighted by Gasteiger charge is -2.27. The maximum Gasteiger partial charge on any atom is 0.234 e. The van der Waals surface area contributed by atoms with Crippen LogP contribution in [0.1, 0.15) is 90.0 Å². The Labute approximate surface area is 197 Å². The first-order valence-electron chi connectivity index (χ1n) is 12.5. The predicted octanol–water partition coefficient (Wildman–Crippen LogP) is 5.17. The minimum Gasteiger partial charge on any atom is -0.454 e. The first-order chi connectivity index (χ1) is 16.0. The van der Waals surface area contributed by atoms with Gasteiger partial charge in [0.2, 0.25) is 18.6 Å². The molecule has 2 heterocycles. The molecule has 33 heavy (non-hydrogen) atoms. The SMILES string of the molecule is CCCCC1(CCCC)CC(=N)N(CCCCCC(=O)NCc2ccc3c(c2)OCO3)C1=O. The maximum atomic E-state index is 13.2. The number of likely N-dealkylation sites (tertiary alicyclic amines) is 1. The number of rotatable bonds is 14. The molecule has 7 nitrogen and oxygen atoms in total. The molecule has 0 aromatic heterocycles. The van der Waals surface area contributed by atoms with E-state index in [0.717, 1.165) is 74.8 Å². The first kappa shape index (κ1) is 25.1. The summed E-state index contributed by atoms with van der Waals surface area (Å²) in [6, 6.07) is 5.68. The first-order valence-corrected chi connectivity index (χ1v) is 12.5. The van der Waals surface area contributed by atoms with Gasteiger partial charge in [0, 0.05) is 25.9 Å². The van der Waals surface area contributed by atoms with Gasteiger partial charge in [-0.05, 0) is 43.4 Å². The van der Waals surface area contributed by atoms with Gasteiger partial charge in [0.25, 0.3) is 0 Å². The van der Waals surface area contributed by atoms with Gasteiger partial charge in [0.1, 0.15) is 5.84 Å². The molecule has 7 heteroatoms. The van der Waals surface area contributed by atoms with E-state index in [9.17, 15) is 9.59 Å². The Kier molecular flexibility index (Phi) is 9.15. The van der Waals surface area contributed by atoms with Crippen molar-refractivity contribution in [3.8, 4) is 11.5 Å². The molecule has 2 amide bonds. The summed E-state index contributed by atoms with van der Waals surface area (Å²) in [6.45, 7) is 5.61. The number of carbonyl (C=O) groups excluding carboxylic acids is 2. The van der Waals surface area contributed by atoms with E-state index in [4.69, 9.17) is 14.9 Å². The lowest BCUT2D eigenvalue weighted by atomic mass is 9.77. The molecular weight excluding hydrogens is 418 g/mol. The van der Waals surface area contributed by atoms with E-state index in [2.05, 4.69) is 19.2 Å². The molecule has 0 bridgehead atoms. The summed E-state index contributed by atoms with van der Waals surface area (Å²) in [5.41, 5.74) is 0.630. The number of nitrogens with zero attached hydrogens (tertiary/aromatic N) is 1. The molecule has 0 radical (unpaired) electrons. The highest BCUT2D eigenvalue weighted by molar-refractivity contribution is 6.07. The topological polar surface area (TPSA) is 91.7 Å². The fraction of sp³-hybridized carbons (Fsp3) is 0.654. The maximum absolute atomic E-state index is 13.2. The number of hydrogen-bond donors (Lipinski definition) is 2. The zero-order valence-electron chi connectivity index (χ0n) is 20.2. The molecule has 182 valence electrons. The third-order valence-corrected chi connectivity index (χ3v) is 6.76. The fourth-order valence-corrected chi connectivity index (χ4v) is 4.76. The monoisotopic (exact) mass is 457 g/mol. The van der Waals surface area contributed by atoms with Gasteiger partial charge in [-0.1, -0.05) is 52.0 Å². The number of benzene rings is 1. The van der Waals surface area contributed by atoms with Crippen LogP contribution in [-0.4, -0.2) is 35.9 Å². The minimum atomic E-state index is -0.349. The Bertz CT molecular complexity index is 831. The van der Waals surface area contributed by atoms with Crippen LogP contribution in [0.4, 0.5) is 0 Å². The average Bonchev–Trinajstić information content (AvgIpc) is 3.37. The Morgan fingerprint density at radius 1 is 1.06 bits per heavy atom. The van der Waals surface area contributed by atoms with Gasteiger partial charge in [0.05, 0.1) is 5.41 Å². The molecule has 1 aromatic carbocycles. The molecule has 2 aliphatic heterocycles. The zero-order chi connectivity index (χ0) is 23.7. The normalized spacial score (nSPS) is 16.5. The van der Waals surface area contributed by atoms with Crippen LogP contribution in [0.2, 0.25) is 0 Å². The van der Waals surface area contributed by atoms with Crippen molar-refractivity contribution in [3.63, 3.8) is 0 Å². The van der Waals surface area contributed by atoms with Gasteiger partial charge in [-0.15, -0.1) is 0 Å². The molecule has 0 saturated carbocycles. The largest absolute Gasteiger partial charge is 0.454 e. The second-order valence-corrected chi connectivity index (χ2v) is 9.34. The number of nitrogens with one attached hydrogen (secondary N) is 2. The summed E-state index contributed by atoms with van der Waals surface area (Å²) in [5, 5.41) is 11.4. The fourth-order valence-electron chi connectivity index (χ4n) is 4.76. The summed E-state index contributed by atoms with van der Waals surface area (Å²) in [5.74, 6) is 2.13. The summed E-state index contributed by atoms with van der Waals surface area (Å²) in [7, 11) is 0. The number of ether oxygens (including phenoxy) is 2. The number of amidine groups is 1. The molecule has 1 aromatic rings. The second-order valence-electron chi connectivity index (χ2n) is 9.34. The molecule has 0 unspecified atom stereocenters. The zero-order valence-corrected chi connectivity index (χ0v) is 20.2. The van der Waals surface area contributed by atoms with Gasteiger partial charge in [0.15, 0.2) is 11.5 Å². The molecule has 2 N–H and O–H groups in total. The Hall–Kier alpha value is -2.57. The number of fused-ring (bicyclic) bond motifs is 1. The van der Waals surface area contributed by atoms with Crippen molar-refractivity contribution < 1.29 is 19.1 Å². The number of carbonyl (C=O) groups is 2. The Morgan fingerprint density at radius 2 is 1.79 bits per heavy atom. The van der Waals surface area contributed by atoms with E-state index in [1.165, 1.54) is 0 Å². The van der Waals surface area contributed by atoms with Gasteiger partial charge < -0.3 is 19.7 Å². The van der Waals surface area contributed by atoms with Crippen molar-refractivity contribution in [2.75, 3.05) is 13.3 Å². The molecule has 0 atom stereocenters. The highest BCUT2D eigenvalue weighted by Gasteiger charge is 2.48. The molecule has 2 aliphatic rings. The van der Waals surface area contributed by atoms with E-state index >= 15 is 0 Å². The Morgan fingerprint density at radius 3 is 2.52 bits per heavy atom. The highest BCUT2D eigenvalue weighted by atomic mass is 16.7. The lowest BCUT2D eigenvalue weighted by Crippen LogP contribution is -2.36. The van der Waals surface area contributed by atoms with Crippen LogP contribution in [0.15, 0.2) is 18.2 Å². The van der Waals surface area contributed by atoms with E-state index < -0.39 is 0 Å². The minimum absolute atomic E-state index is 0.0239. The van der Waals surface area contributed by atoms with Gasteiger partial charge in [-0.2, -0.15) is 0 Å². The van der Waals surface area contributed by atoms with Crippen LogP contribution in [-0.2, 0) is 16.1 Å². The van der Waals surface area contributed by atoms with Crippen LogP contribution >= 0.6 is 0 Å². The van der Waals surface area contributed by atoms with E-state index in [0.29, 0.717) is 31.8 Å². The third-order valence-electron chi connectivity index (χ3n) is 6.76. The van der Waals surface area contributed by atoms with E-state index in [1.807, 2.05) is 18.2 Å². The summed E-state index contributed by atoms with van der Waals surface area (Å²) >= 11 is 0. The van der Waals surface area contributed by atoms with Crippen molar-refractivity contribution in [2.45, 2.75) is 91.0 Å². The summed E-state index contributed by atoms with van der Waals surface area (Å²) < 4.78 is 10.7. The van der Waals surface area contributed by atoms with Crippen LogP contribution in [0.5, 0.6) is 11.5 Å². The number of hydrogen-bond acceptors (Lipinski definition) is 5. The third kappa shape index (κ3) is 6.49.